The minimum atomic E-state index is 0.303. The number of morpholine rings is 1. The molecular weight excluding hydrogens is 188 g/mol. The number of nitrogens with two attached hydrogens (primary N) is 1. The zero-order chi connectivity index (χ0) is 11.4. The first kappa shape index (κ1) is 12.9. The normalized spacial score (nSPS) is 30.8. The van der Waals surface area contributed by atoms with Crippen LogP contribution in [0.5, 0.6) is 0 Å². The lowest BCUT2D eigenvalue weighted by Crippen LogP contribution is -2.51. The lowest BCUT2D eigenvalue weighted by molar-refractivity contribution is -0.0513. The highest BCUT2D eigenvalue weighted by atomic mass is 16.5. The van der Waals surface area contributed by atoms with E-state index < -0.39 is 0 Å². The van der Waals surface area contributed by atoms with Gasteiger partial charge >= 0.3 is 0 Å². The van der Waals surface area contributed by atoms with Crippen LogP contribution in [0.15, 0.2) is 0 Å². The van der Waals surface area contributed by atoms with Crippen LogP contribution in [0.3, 0.4) is 0 Å². The van der Waals surface area contributed by atoms with Crippen molar-refractivity contribution in [2.75, 3.05) is 19.7 Å². The molecule has 0 aliphatic carbocycles. The zero-order valence-electron chi connectivity index (χ0n) is 10.6. The fourth-order valence-electron chi connectivity index (χ4n) is 2.21. The second-order valence-corrected chi connectivity index (χ2v) is 5.34. The van der Waals surface area contributed by atoms with Crippen molar-refractivity contribution in [2.24, 2.45) is 11.7 Å². The van der Waals surface area contributed by atoms with Gasteiger partial charge in [0, 0.05) is 25.2 Å². The Bertz CT molecular complexity index is 184. The van der Waals surface area contributed by atoms with Crippen LogP contribution >= 0.6 is 0 Å². The molecule has 1 heterocycles. The molecule has 0 aromatic rings. The summed E-state index contributed by atoms with van der Waals surface area (Å²) >= 11 is 0. The van der Waals surface area contributed by atoms with Crippen LogP contribution in [0.4, 0.5) is 0 Å². The fraction of sp³-hybridized carbons (Fsp3) is 1.00. The first-order valence-corrected chi connectivity index (χ1v) is 6.10. The first-order chi connectivity index (χ1) is 6.99. The van der Waals surface area contributed by atoms with E-state index in [9.17, 15) is 0 Å². The fourth-order valence-corrected chi connectivity index (χ4v) is 2.21. The number of hydrogen-bond acceptors (Lipinski definition) is 3. The molecule has 0 bridgehead atoms. The standard InChI is InChI=1S/C12H26N2O/c1-9(2)5-12(13)7-14-6-11(4)15-8-10(14)3/h9-12H,5-8,13H2,1-4H3. The summed E-state index contributed by atoms with van der Waals surface area (Å²) in [4.78, 5) is 2.46. The predicted octanol–water partition coefficient (Wildman–Crippen LogP) is 1.47. The summed E-state index contributed by atoms with van der Waals surface area (Å²) in [7, 11) is 0. The van der Waals surface area contributed by atoms with E-state index in [-0.39, 0.29) is 0 Å². The molecule has 1 fully saturated rings. The van der Waals surface area contributed by atoms with Crippen LogP contribution in [0, 0.1) is 5.92 Å². The molecule has 0 amide bonds. The van der Waals surface area contributed by atoms with E-state index in [1.54, 1.807) is 0 Å². The van der Waals surface area contributed by atoms with E-state index >= 15 is 0 Å². The average molecular weight is 214 g/mol. The van der Waals surface area contributed by atoms with Crippen molar-refractivity contribution < 1.29 is 4.74 Å². The maximum Gasteiger partial charge on any atom is 0.0674 e. The van der Waals surface area contributed by atoms with Crippen molar-refractivity contribution in [1.29, 1.82) is 0 Å². The minimum absolute atomic E-state index is 0.303. The summed E-state index contributed by atoms with van der Waals surface area (Å²) in [5.74, 6) is 0.689. The van der Waals surface area contributed by atoms with Crippen molar-refractivity contribution in [1.82, 2.24) is 4.90 Å². The van der Waals surface area contributed by atoms with Gasteiger partial charge in [0.15, 0.2) is 0 Å². The van der Waals surface area contributed by atoms with Crippen molar-refractivity contribution in [3.05, 3.63) is 0 Å². The zero-order valence-corrected chi connectivity index (χ0v) is 10.6. The van der Waals surface area contributed by atoms with Gasteiger partial charge in [-0.05, 0) is 26.2 Å². The molecule has 0 aromatic heterocycles. The van der Waals surface area contributed by atoms with Crippen molar-refractivity contribution in [3.63, 3.8) is 0 Å². The summed E-state index contributed by atoms with van der Waals surface area (Å²) in [6, 6.07) is 0.817. The predicted molar refractivity (Wildman–Crippen MR) is 63.9 cm³/mol. The third-order valence-electron chi connectivity index (χ3n) is 2.98. The topological polar surface area (TPSA) is 38.5 Å². The molecule has 0 saturated carbocycles. The van der Waals surface area contributed by atoms with Gasteiger partial charge in [-0.25, -0.2) is 0 Å². The van der Waals surface area contributed by atoms with E-state index in [4.69, 9.17) is 10.5 Å². The Balaban J connectivity index is 2.34. The molecule has 3 heteroatoms. The molecule has 90 valence electrons. The molecular formula is C12H26N2O. The SMILES string of the molecule is CC(C)CC(N)CN1CC(C)OCC1C. The van der Waals surface area contributed by atoms with Gasteiger partial charge in [-0.2, -0.15) is 0 Å². The highest BCUT2D eigenvalue weighted by Gasteiger charge is 2.24. The van der Waals surface area contributed by atoms with Gasteiger partial charge in [0.05, 0.1) is 12.7 Å². The molecule has 1 saturated heterocycles. The summed E-state index contributed by atoms with van der Waals surface area (Å²) in [5, 5.41) is 0. The van der Waals surface area contributed by atoms with Crippen molar-refractivity contribution >= 4 is 0 Å². The van der Waals surface area contributed by atoms with Crippen LogP contribution < -0.4 is 5.73 Å². The van der Waals surface area contributed by atoms with Crippen LogP contribution in [-0.4, -0.2) is 42.8 Å². The van der Waals surface area contributed by atoms with E-state index in [0.29, 0.717) is 24.1 Å². The maximum atomic E-state index is 6.13. The second-order valence-electron chi connectivity index (χ2n) is 5.34. The third kappa shape index (κ3) is 4.49. The Hall–Kier alpha value is -0.120. The van der Waals surface area contributed by atoms with E-state index in [2.05, 4.69) is 32.6 Å². The van der Waals surface area contributed by atoms with Crippen LogP contribution in [0.2, 0.25) is 0 Å². The Morgan fingerprint density at radius 3 is 2.67 bits per heavy atom. The monoisotopic (exact) mass is 214 g/mol. The molecule has 3 nitrogen and oxygen atoms in total. The smallest absolute Gasteiger partial charge is 0.0674 e. The van der Waals surface area contributed by atoms with Gasteiger partial charge in [0.2, 0.25) is 0 Å². The number of hydrogen-bond donors (Lipinski definition) is 1. The van der Waals surface area contributed by atoms with Crippen molar-refractivity contribution in [3.8, 4) is 0 Å². The van der Waals surface area contributed by atoms with Gasteiger partial charge in [-0.1, -0.05) is 13.8 Å². The molecule has 1 aliphatic heterocycles. The number of rotatable bonds is 4. The molecule has 1 aliphatic rings. The minimum Gasteiger partial charge on any atom is -0.376 e. The molecule has 1 rings (SSSR count). The van der Waals surface area contributed by atoms with E-state index in [1.165, 1.54) is 0 Å². The summed E-state index contributed by atoms with van der Waals surface area (Å²) in [6.07, 6.45) is 1.46. The Kier molecular flexibility index (Phi) is 5.03. The van der Waals surface area contributed by atoms with Gasteiger partial charge in [0.25, 0.3) is 0 Å². The van der Waals surface area contributed by atoms with Crippen LogP contribution in [-0.2, 0) is 4.74 Å². The highest BCUT2D eigenvalue weighted by Crippen LogP contribution is 2.13. The van der Waals surface area contributed by atoms with Crippen LogP contribution in [0.1, 0.15) is 34.1 Å². The molecule has 3 atom stereocenters. The molecule has 0 aromatic carbocycles. The first-order valence-electron chi connectivity index (χ1n) is 6.10. The summed E-state index contributed by atoms with van der Waals surface area (Å²) < 4.78 is 5.60. The molecule has 0 spiro atoms. The van der Waals surface area contributed by atoms with Gasteiger partial charge in [0.1, 0.15) is 0 Å². The lowest BCUT2D eigenvalue weighted by atomic mass is 10.0. The summed E-state index contributed by atoms with van der Waals surface area (Å²) in [5.41, 5.74) is 6.13. The van der Waals surface area contributed by atoms with Crippen LogP contribution in [0.25, 0.3) is 0 Å². The quantitative estimate of drug-likeness (QED) is 0.770. The second kappa shape index (κ2) is 5.83. The average Bonchev–Trinajstić information content (AvgIpc) is 2.10. The maximum absolute atomic E-state index is 6.13. The number of ether oxygens (including phenoxy) is 1. The Labute approximate surface area is 94.0 Å². The Morgan fingerprint density at radius 2 is 2.07 bits per heavy atom. The number of nitrogens with zero attached hydrogens (tertiary/aromatic N) is 1. The molecule has 15 heavy (non-hydrogen) atoms. The van der Waals surface area contributed by atoms with Gasteiger partial charge in [-0.15, -0.1) is 0 Å². The van der Waals surface area contributed by atoms with E-state index in [1.807, 2.05) is 0 Å². The largest absolute Gasteiger partial charge is 0.376 e. The Morgan fingerprint density at radius 1 is 1.40 bits per heavy atom. The molecule has 0 radical (unpaired) electrons. The van der Waals surface area contributed by atoms with E-state index in [0.717, 1.165) is 26.1 Å². The van der Waals surface area contributed by atoms with Gasteiger partial charge < -0.3 is 10.5 Å². The van der Waals surface area contributed by atoms with Crippen molar-refractivity contribution in [2.45, 2.75) is 52.3 Å². The lowest BCUT2D eigenvalue weighted by Gasteiger charge is -2.38. The highest BCUT2D eigenvalue weighted by molar-refractivity contribution is 4.79. The molecule has 3 unspecified atom stereocenters. The summed E-state index contributed by atoms with van der Waals surface area (Å²) in [6.45, 7) is 11.7. The molecule has 2 N–H and O–H groups in total. The third-order valence-corrected chi connectivity index (χ3v) is 2.98. The van der Waals surface area contributed by atoms with Gasteiger partial charge in [-0.3, -0.25) is 4.90 Å².